The lowest BCUT2D eigenvalue weighted by molar-refractivity contribution is -0.123. The number of carbonyl (C=O) groups is 1. The van der Waals surface area contributed by atoms with Gasteiger partial charge in [0.15, 0.2) is 0 Å². The molecule has 0 heterocycles. The van der Waals surface area contributed by atoms with E-state index >= 15 is 0 Å². The summed E-state index contributed by atoms with van der Waals surface area (Å²) in [5, 5.41) is 23.3. The van der Waals surface area contributed by atoms with E-state index < -0.39 is 12.1 Å². The van der Waals surface area contributed by atoms with Crippen molar-refractivity contribution in [1.82, 2.24) is 5.32 Å². The number of hydrogen-bond donors (Lipinski definition) is 3. The molecule has 458 valence electrons. The fourth-order valence-corrected chi connectivity index (χ4v) is 9.96. The van der Waals surface area contributed by atoms with E-state index in [1.165, 1.54) is 212 Å². The maximum Gasteiger partial charge on any atom is 0.220 e. The van der Waals surface area contributed by atoms with Crippen LogP contribution >= 0.6 is 0 Å². The summed E-state index contributed by atoms with van der Waals surface area (Å²) in [7, 11) is 0. The number of unbranched alkanes of at least 4 members (excludes halogenated alkanes) is 35. The molecule has 0 saturated heterocycles. The standard InChI is InChI=1S/C76H131NO3/c1-3-5-7-9-11-13-15-17-19-21-23-25-27-29-31-32-33-34-35-36-37-38-39-40-41-42-43-44-46-48-50-52-54-56-58-60-62-64-66-68-70-72-76(80)77-74(73-78)75(79)71-69-67-65-63-61-59-57-55-53-51-49-47-45-30-28-26-24-22-20-18-16-14-12-10-8-6-4-2/h5,7,11,13,17,19,23,25,29,31,33-34,36-37,39-40,42-43,61,63,69,71,74-75,78-79H,3-4,6,8-10,12,14-16,18,20-22,24,26-28,30,32,35,38,41,44-60,62,64-68,70,72-73H2,1-2H3,(H,77,80)/b7-5-,13-11-,19-17-,25-23-,31-29-,34-33-,37-36-,40-39-,43-42-,63-61+,71-69+. The Morgan fingerprint density at radius 2 is 0.562 bits per heavy atom. The molecule has 0 aromatic rings. The number of hydrogen-bond acceptors (Lipinski definition) is 3. The summed E-state index contributed by atoms with van der Waals surface area (Å²) in [4.78, 5) is 12.5. The summed E-state index contributed by atoms with van der Waals surface area (Å²) >= 11 is 0. The molecule has 0 radical (unpaired) electrons. The molecule has 4 heteroatoms. The van der Waals surface area contributed by atoms with Gasteiger partial charge in [0.2, 0.25) is 5.91 Å². The zero-order valence-corrected chi connectivity index (χ0v) is 52.8. The van der Waals surface area contributed by atoms with E-state index in [1.54, 1.807) is 6.08 Å². The van der Waals surface area contributed by atoms with Gasteiger partial charge in [-0.1, -0.05) is 347 Å². The highest BCUT2D eigenvalue weighted by atomic mass is 16.3. The Balaban J connectivity index is 3.56. The van der Waals surface area contributed by atoms with Crippen LogP contribution in [-0.2, 0) is 4.79 Å². The first-order valence-corrected chi connectivity index (χ1v) is 34.4. The summed E-state index contributed by atoms with van der Waals surface area (Å²) in [6, 6.07) is -0.649. The molecule has 0 aromatic carbocycles. The smallest absolute Gasteiger partial charge is 0.220 e. The summed E-state index contributed by atoms with van der Waals surface area (Å²) in [6.45, 7) is 4.20. The van der Waals surface area contributed by atoms with Crippen molar-refractivity contribution in [2.24, 2.45) is 0 Å². The molecule has 80 heavy (non-hydrogen) atoms. The van der Waals surface area contributed by atoms with E-state index in [2.05, 4.69) is 141 Å². The summed E-state index contributed by atoms with van der Waals surface area (Å²) < 4.78 is 0. The highest BCUT2D eigenvalue weighted by Crippen LogP contribution is 2.17. The van der Waals surface area contributed by atoms with Gasteiger partial charge < -0.3 is 15.5 Å². The molecule has 2 unspecified atom stereocenters. The molecular formula is C76H131NO3. The van der Waals surface area contributed by atoms with Crippen LogP contribution in [0.4, 0.5) is 0 Å². The predicted molar refractivity (Wildman–Crippen MR) is 359 cm³/mol. The number of nitrogens with one attached hydrogen (secondary N) is 1. The molecule has 3 N–H and O–H groups in total. The van der Waals surface area contributed by atoms with Crippen LogP contribution in [0.15, 0.2) is 134 Å². The van der Waals surface area contributed by atoms with Crippen LogP contribution in [0.5, 0.6) is 0 Å². The second-order valence-corrected chi connectivity index (χ2v) is 22.9. The van der Waals surface area contributed by atoms with Crippen LogP contribution < -0.4 is 5.32 Å². The molecule has 1 amide bonds. The molecule has 2 atom stereocenters. The van der Waals surface area contributed by atoms with Gasteiger partial charge in [0, 0.05) is 6.42 Å². The summed E-state index contributed by atoms with van der Waals surface area (Å²) in [5.41, 5.74) is 0. The van der Waals surface area contributed by atoms with Gasteiger partial charge in [0.1, 0.15) is 0 Å². The van der Waals surface area contributed by atoms with E-state index in [0.717, 1.165) is 89.9 Å². The van der Waals surface area contributed by atoms with E-state index in [-0.39, 0.29) is 12.5 Å². The van der Waals surface area contributed by atoms with Crippen LogP contribution in [0.1, 0.15) is 322 Å². The molecule has 0 aromatic heterocycles. The maximum absolute atomic E-state index is 12.5. The van der Waals surface area contributed by atoms with Gasteiger partial charge >= 0.3 is 0 Å². The van der Waals surface area contributed by atoms with E-state index in [9.17, 15) is 15.0 Å². The Morgan fingerprint density at radius 3 is 0.875 bits per heavy atom. The van der Waals surface area contributed by atoms with Gasteiger partial charge in [-0.3, -0.25) is 4.79 Å². The number of aliphatic hydroxyl groups excluding tert-OH is 2. The second-order valence-electron chi connectivity index (χ2n) is 22.9. The van der Waals surface area contributed by atoms with Crippen LogP contribution in [0, 0.1) is 0 Å². The van der Waals surface area contributed by atoms with Crippen molar-refractivity contribution >= 4 is 5.91 Å². The molecule has 0 bridgehead atoms. The molecule has 0 rings (SSSR count). The van der Waals surface area contributed by atoms with E-state index in [1.807, 2.05) is 6.08 Å². The SMILES string of the molecule is CC/C=C\C/C=C\C/C=C\C/C=C\C/C=C\C/C=C\C/C=C\C/C=C\C/C=C\CCCCCCCCCCCCCCCC(=O)NC(CO)C(O)/C=C/CC/C=C/CCCCCCCCCCCCCCCCCCCCCCC. The van der Waals surface area contributed by atoms with Gasteiger partial charge in [-0.25, -0.2) is 0 Å². The molecule has 0 aliphatic carbocycles. The average molecular weight is 1110 g/mol. The molecule has 0 saturated carbocycles. The Kier molecular flexibility index (Phi) is 66.8. The number of rotatable bonds is 62. The van der Waals surface area contributed by atoms with Crippen molar-refractivity contribution in [3.05, 3.63) is 134 Å². The number of aliphatic hydroxyl groups is 2. The minimum atomic E-state index is -0.872. The van der Waals surface area contributed by atoms with Crippen LogP contribution in [0.2, 0.25) is 0 Å². The average Bonchev–Trinajstić information content (AvgIpc) is 3.46. The molecule has 0 aliphatic rings. The predicted octanol–water partition coefficient (Wildman–Crippen LogP) is 23.7. The molecule has 0 fully saturated rings. The van der Waals surface area contributed by atoms with Crippen LogP contribution in [0.25, 0.3) is 0 Å². The monoisotopic (exact) mass is 1110 g/mol. The maximum atomic E-state index is 12.5. The Morgan fingerprint density at radius 1 is 0.312 bits per heavy atom. The molecular weight excluding hydrogens is 975 g/mol. The lowest BCUT2D eigenvalue weighted by atomic mass is 10.0. The van der Waals surface area contributed by atoms with Crippen molar-refractivity contribution in [2.45, 2.75) is 334 Å². The number of allylic oxidation sites excluding steroid dienone is 21. The van der Waals surface area contributed by atoms with Gasteiger partial charge in [0.05, 0.1) is 18.8 Å². The minimum Gasteiger partial charge on any atom is -0.394 e. The lowest BCUT2D eigenvalue weighted by Crippen LogP contribution is -2.45. The molecule has 0 aliphatic heterocycles. The van der Waals surface area contributed by atoms with Gasteiger partial charge in [-0.15, -0.1) is 0 Å². The highest BCUT2D eigenvalue weighted by Gasteiger charge is 2.18. The lowest BCUT2D eigenvalue weighted by Gasteiger charge is -2.19. The van der Waals surface area contributed by atoms with Crippen LogP contribution in [-0.4, -0.2) is 34.9 Å². The fraction of sp³-hybridized carbons (Fsp3) is 0.697. The topological polar surface area (TPSA) is 69.6 Å². The normalized spacial score (nSPS) is 13.6. The Bertz CT molecular complexity index is 1590. The van der Waals surface area contributed by atoms with E-state index in [4.69, 9.17) is 0 Å². The van der Waals surface area contributed by atoms with Crippen molar-refractivity contribution in [3.63, 3.8) is 0 Å². The first-order valence-electron chi connectivity index (χ1n) is 34.4. The fourth-order valence-electron chi connectivity index (χ4n) is 9.96. The second kappa shape index (κ2) is 69.8. The highest BCUT2D eigenvalue weighted by molar-refractivity contribution is 5.76. The molecule has 0 spiro atoms. The number of carbonyl (C=O) groups excluding carboxylic acids is 1. The quantitative estimate of drug-likeness (QED) is 0.0420. The zero-order chi connectivity index (χ0) is 57.6. The minimum absolute atomic E-state index is 0.0765. The van der Waals surface area contributed by atoms with Crippen molar-refractivity contribution in [2.75, 3.05) is 6.61 Å². The van der Waals surface area contributed by atoms with Gasteiger partial charge in [0.25, 0.3) is 0 Å². The zero-order valence-electron chi connectivity index (χ0n) is 52.8. The van der Waals surface area contributed by atoms with Crippen molar-refractivity contribution < 1.29 is 15.0 Å². The number of amides is 1. The third-order valence-corrected chi connectivity index (χ3v) is 15.1. The van der Waals surface area contributed by atoms with Crippen molar-refractivity contribution in [1.29, 1.82) is 0 Å². The first-order chi connectivity index (χ1) is 39.7. The first kappa shape index (κ1) is 76.5. The Labute approximate surface area is 498 Å². The largest absolute Gasteiger partial charge is 0.394 e. The van der Waals surface area contributed by atoms with Gasteiger partial charge in [-0.2, -0.15) is 0 Å². The van der Waals surface area contributed by atoms with Gasteiger partial charge in [-0.05, 0) is 103 Å². The summed E-state index contributed by atoms with van der Waals surface area (Å²) in [5.74, 6) is -0.0765. The third kappa shape index (κ3) is 65.3. The third-order valence-electron chi connectivity index (χ3n) is 15.1. The summed E-state index contributed by atoms with van der Waals surface area (Å²) in [6.07, 6.45) is 108. The van der Waals surface area contributed by atoms with E-state index in [0.29, 0.717) is 6.42 Å². The Hall–Kier alpha value is -3.47. The van der Waals surface area contributed by atoms with Crippen LogP contribution in [0.3, 0.4) is 0 Å². The molecule has 4 nitrogen and oxygen atoms in total. The van der Waals surface area contributed by atoms with Crippen molar-refractivity contribution in [3.8, 4) is 0 Å².